The first-order valence-electron chi connectivity index (χ1n) is 9.35. The van der Waals surface area contributed by atoms with Crippen LogP contribution in [0.3, 0.4) is 0 Å². The number of rotatable bonds is 8. The molecule has 3 heterocycles. The lowest BCUT2D eigenvalue weighted by molar-refractivity contribution is -0.118. The number of aliphatic hydroxyl groups is 3. The van der Waals surface area contributed by atoms with Gasteiger partial charge in [0, 0.05) is 13.0 Å². The van der Waals surface area contributed by atoms with Crippen molar-refractivity contribution >= 4 is 28.7 Å². The Morgan fingerprint density at radius 1 is 1.29 bits per heavy atom. The van der Waals surface area contributed by atoms with Crippen molar-refractivity contribution < 1.29 is 29.6 Å². The van der Waals surface area contributed by atoms with Crippen molar-refractivity contribution in [3.63, 3.8) is 0 Å². The molecular formula is C16H24N8O7. The van der Waals surface area contributed by atoms with Gasteiger partial charge >= 0.3 is 0 Å². The third-order valence-electron chi connectivity index (χ3n) is 4.69. The van der Waals surface area contributed by atoms with Crippen LogP contribution in [-0.2, 0) is 20.9 Å². The molecule has 4 atom stereocenters. The van der Waals surface area contributed by atoms with Gasteiger partial charge in [0.15, 0.2) is 23.1 Å². The van der Waals surface area contributed by atoms with Gasteiger partial charge in [-0.2, -0.15) is 9.78 Å². The lowest BCUT2D eigenvalue weighted by atomic mass is 10.1. The molecule has 170 valence electrons. The Balaban J connectivity index is 2.02. The highest BCUT2D eigenvalue weighted by Gasteiger charge is 2.44. The average molecular weight is 440 g/mol. The average Bonchev–Trinajstić information content (AvgIpc) is 3.18. The van der Waals surface area contributed by atoms with Crippen LogP contribution < -0.4 is 16.6 Å². The number of aromatic nitrogens is 5. The zero-order chi connectivity index (χ0) is 22.9. The molecule has 1 aliphatic heterocycles. The molecule has 0 aromatic carbocycles. The monoisotopic (exact) mass is 440 g/mol. The Morgan fingerprint density at radius 2 is 2.00 bits per heavy atom. The van der Waals surface area contributed by atoms with E-state index in [0.29, 0.717) is 11.2 Å². The fourth-order valence-electron chi connectivity index (χ4n) is 3.12. The lowest BCUT2D eigenvalue weighted by Gasteiger charge is -2.15. The number of anilines is 1. The van der Waals surface area contributed by atoms with E-state index >= 15 is 0 Å². The number of carbonyl (C=O) groups excluding carboxylic acids is 2. The van der Waals surface area contributed by atoms with Gasteiger partial charge in [0.1, 0.15) is 24.9 Å². The topological polar surface area (TPSA) is 211 Å². The molecule has 0 radical (unpaired) electrons. The molecule has 2 aromatic heterocycles. The molecule has 4 unspecified atom stereocenters. The summed E-state index contributed by atoms with van der Waals surface area (Å²) >= 11 is 0. The number of amides is 2. The third-order valence-corrected chi connectivity index (χ3v) is 4.69. The third kappa shape index (κ3) is 4.54. The maximum Gasteiger partial charge on any atom is 0.298 e. The molecule has 31 heavy (non-hydrogen) atoms. The second-order valence-electron chi connectivity index (χ2n) is 7.34. The second-order valence-corrected chi connectivity index (χ2v) is 7.34. The van der Waals surface area contributed by atoms with Gasteiger partial charge in [0.2, 0.25) is 11.8 Å². The van der Waals surface area contributed by atoms with Crippen LogP contribution in [-0.4, -0.2) is 102 Å². The first-order chi connectivity index (χ1) is 14.6. The maximum absolute atomic E-state index is 13.1. The number of primary amides is 1. The Kier molecular flexibility index (Phi) is 6.61. The van der Waals surface area contributed by atoms with Crippen LogP contribution in [0, 0.1) is 0 Å². The van der Waals surface area contributed by atoms with Crippen LogP contribution in [0.4, 0.5) is 5.82 Å². The number of hydrogen-bond acceptors (Lipinski definition) is 11. The zero-order valence-electron chi connectivity index (χ0n) is 16.9. The Bertz CT molecular complexity index is 1030. The summed E-state index contributed by atoms with van der Waals surface area (Å²) in [6.07, 6.45) is -5.46. The second kappa shape index (κ2) is 9.03. The molecule has 0 aliphatic carbocycles. The summed E-state index contributed by atoms with van der Waals surface area (Å²) in [6.45, 7) is -0.613. The van der Waals surface area contributed by atoms with Crippen molar-refractivity contribution in [1.82, 2.24) is 29.7 Å². The largest absolute Gasteiger partial charge is 0.394 e. The SMILES string of the molecule is CN(C)CCC(=O)Nc1nn(CC(N)=O)c2c(=O)n(C3OC(CO)C(O)C3O)nnc12. The van der Waals surface area contributed by atoms with Gasteiger partial charge in [0.25, 0.3) is 5.56 Å². The van der Waals surface area contributed by atoms with Crippen molar-refractivity contribution in [2.75, 3.05) is 32.6 Å². The Labute approximate surface area is 175 Å². The summed E-state index contributed by atoms with van der Waals surface area (Å²) in [7, 11) is 3.60. The number of fused-ring (bicyclic) bond motifs is 1. The molecular weight excluding hydrogens is 416 g/mol. The molecule has 1 saturated heterocycles. The van der Waals surface area contributed by atoms with Crippen molar-refractivity contribution in [3.05, 3.63) is 10.4 Å². The van der Waals surface area contributed by atoms with Crippen molar-refractivity contribution in [2.24, 2.45) is 5.73 Å². The van der Waals surface area contributed by atoms with Crippen LogP contribution in [0.5, 0.6) is 0 Å². The van der Waals surface area contributed by atoms with Crippen LogP contribution in [0.15, 0.2) is 4.79 Å². The molecule has 0 saturated carbocycles. The standard InChI is InChI=1S/C16H24N8O7/c1-22(2)4-3-9(27)18-14-10-11(23(20-14)5-8(17)26)15(30)24(21-19-10)16-13(29)12(28)7(6-25)31-16/h7,12-13,16,25,28-29H,3-6H2,1-2H3,(H2,17,26)(H,18,20,27). The highest BCUT2D eigenvalue weighted by molar-refractivity contribution is 5.98. The van der Waals surface area contributed by atoms with E-state index in [2.05, 4.69) is 20.7 Å². The van der Waals surface area contributed by atoms with Crippen LogP contribution in [0.1, 0.15) is 12.6 Å². The van der Waals surface area contributed by atoms with Gasteiger partial charge < -0.3 is 36.0 Å². The van der Waals surface area contributed by atoms with E-state index in [1.165, 1.54) is 0 Å². The number of aliphatic hydroxyl groups excluding tert-OH is 3. The van der Waals surface area contributed by atoms with Gasteiger partial charge in [-0.1, -0.05) is 5.21 Å². The predicted octanol–water partition coefficient (Wildman–Crippen LogP) is -4.02. The molecule has 0 bridgehead atoms. The molecule has 1 fully saturated rings. The van der Waals surface area contributed by atoms with Crippen LogP contribution in [0.2, 0.25) is 0 Å². The molecule has 15 heteroatoms. The highest BCUT2D eigenvalue weighted by atomic mass is 16.6. The minimum absolute atomic E-state index is 0.0853. The minimum atomic E-state index is -1.57. The lowest BCUT2D eigenvalue weighted by Crippen LogP contribution is -2.37. The molecule has 2 amide bonds. The fraction of sp³-hybridized carbons (Fsp3) is 0.625. The van der Waals surface area contributed by atoms with Crippen LogP contribution >= 0.6 is 0 Å². The number of nitrogens with one attached hydrogen (secondary N) is 1. The number of carbonyl (C=O) groups is 2. The van der Waals surface area contributed by atoms with Gasteiger partial charge in [-0.3, -0.25) is 14.4 Å². The molecule has 2 aromatic rings. The molecule has 15 nitrogen and oxygen atoms in total. The molecule has 6 N–H and O–H groups in total. The highest BCUT2D eigenvalue weighted by Crippen LogP contribution is 2.28. The smallest absolute Gasteiger partial charge is 0.298 e. The van der Waals surface area contributed by atoms with Crippen molar-refractivity contribution in [3.8, 4) is 0 Å². The molecule has 3 rings (SSSR count). The summed E-state index contributed by atoms with van der Waals surface area (Å²) in [6, 6.07) is 0. The summed E-state index contributed by atoms with van der Waals surface area (Å²) in [4.78, 5) is 38.5. The Morgan fingerprint density at radius 3 is 2.58 bits per heavy atom. The number of ether oxygens (including phenoxy) is 1. The van der Waals surface area contributed by atoms with Gasteiger partial charge in [-0.25, -0.2) is 4.68 Å². The molecule has 1 aliphatic rings. The van der Waals surface area contributed by atoms with E-state index in [1.807, 2.05) is 4.90 Å². The summed E-state index contributed by atoms with van der Waals surface area (Å²) in [5.74, 6) is -1.28. The quantitative estimate of drug-likeness (QED) is 0.267. The number of nitrogens with two attached hydrogens (primary N) is 1. The van der Waals surface area contributed by atoms with Crippen molar-refractivity contribution in [1.29, 1.82) is 0 Å². The van der Waals surface area contributed by atoms with Gasteiger partial charge in [0.05, 0.1) is 6.61 Å². The Hall–Kier alpha value is -2.98. The van der Waals surface area contributed by atoms with E-state index in [0.717, 1.165) is 4.68 Å². The normalized spacial score (nSPS) is 23.5. The van der Waals surface area contributed by atoms with Crippen LogP contribution in [0.25, 0.3) is 11.0 Å². The van der Waals surface area contributed by atoms with Crippen molar-refractivity contribution in [2.45, 2.75) is 37.5 Å². The van der Waals surface area contributed by atoms with E-state index in [4.69, 9.17) is 10.5 Å². The summed E-state index contributed by atoms with van der Waals surface area (Å²) in [5, 5.41) is 43.5. The predicted molar refractivity (Wildman–Crippen MR) is 104 cm³/mol. The number of nitrogens with zero attached hydrogens (tertiary/aromatic N) is 6. The first-order valence-corrected chi connectivity index (χ1v) is 9.35. The minimum Gasteiger partial charge on any atom is -0.394 e. The van der Waals surface area contributed by atoms with E-state index < -0.39 is 55.1 Å². The maximum atomic E-state index is 13.1. The zero-order valence-corrected chi connectivity index (χ0v) is 16.9. The van der Waals surface area contributed by atoms with E-state index in [9.17, 15) is 29.7 Å². The first kappa shape index (κ1) is 22.7. The van der Waals surface area contributed by atoms with E-state index in [-0.39, 0.29) is 23.3 Å². The number of hydrogen-bond donors (Lipinski definition) is 5. The van der Waals surface area contributed by atoms with Gasteiger partial charge in [-0.05, 0) is 14.1 Å². The van der Waals surface area contributed by atoms with Gasteiger partial charge in [-0.15, -0.1) is 5.10 Å². The fourth-order valence-corrected chi connectivity index (χ4v) is 3.12. The van der Waals surface area contributed by atoms with E-state index in [1.54, 1.807) is 14.1 Å². The molecule has 0 spiro atoms. The summed E-state index contributed by atoms with van der Waals surface area (Å²) in [5.41, 5.74) is 4.07. The summed E-state index contributed by atoms with van der Waals surface area (Å²) < 4.78 is 6.95.